The maximum Gasteiger partial charge on any atom is 0.279 e. The molecule has 0 fully saturated rings. The lowest BCUT2D eigenvalue weighted by Crippen LogP contribution is -2.47. The van der Waals surface area contributed by atoms with E-state index in [2.05, 4.69) is 15.6 Å². The predicted molar refractivity (Wildman–Crippen MR) is 120 cm³/mol. The smallest absolute Gasteiger partial charge is 0.279 e. The van der Waals surface area contributed by atoms with Gasteiger partial charge in [0.15, 0.2) is 17.7 Å². The van der Waals surface area contributed by atoms with E-state index in [0.717, 1.165) is 12.1 Å². The highest BCUT2D eigenvalue weighted by Crippen LogP contribution is 2.19. The molecule has 0 saturated heterocycles. The minimum atomic E-state index is -3.96. The first-order chi connectivity index (χ1) is 16.1. The van der Waals surface area contributed by atoms with Crippen molar-refractivity contribution in [2.24, 2.45) is 0 Å². The number of rotatable bonds is 7. The van der Waals surface area contributed by atoms with E-state index in [1.54, 1.807) is 6.07 Å². The number of carbonyl (C=O) groups is 2. The number of benzene rings is 3. The summed E-state index contributed by atoms with van der Waals surface area (Å²) in [4.78, 5) is 24.3. The van der Waals surface area contributed by atoms with Crippen molar-refractivity contribution in [1.29, 1.82) is 0 Å². The second-order valence-corrected chi connectivity index (χ2v) is 8.91. The summed E-state index contributed by atoms with van der Waals surface area (Å²) in [6.07, 6.45) is -1.09. The number of carbonyl (C=O) groups excluding carboxylic acids is 2. The molecule has 0 aromatic heterocycles. The number of hydrazine groups is 1. The Bertz CT molecular complexity index is 1310. The van der Waals surface area contributed by atoms with Crippen molar-refractivity contribution in [2.75, 3.05) is 4.72 Å². The van der Waals surface area contributed by atoms with Gasteiger partial charge in [0.25, 0.3) is 21.8 Å². The van der Waals surface area contributed by atoms with Crippen molar-refractivity contribution in [1.82, 2.24) is 10.9 Å². The number of hydrogen-bond acceptors (Lipinski definition) is 5. The molecule has 2 amide bonds. The van der Waals surface area contributed by atoms with E-state index in [9.17, 15) is 26.8 Å². The molecule has 3 aromatic carbocycles. The van der Waals surface area contributed by atoms with E-state index in [1.807, 2.05) is 0 Å². The third-order valence-corrected chi connectivity index (χ3v) is 6.03. The second kappa shape index (κ2) is 10.3. The SMILES string of the molecule is Cc1cc(S(=O)(=O)Nc2ccc(C(=O)NNC(=O)C(C)Oc3ccccc3F)cc2)ccc1F. The Labute approximate surface area is 195 Å². The van der Waals surface area contributed by atoms with Gasteiger partial charge in [0.05, 0.1) is 4.90 Å². The number of ether oxygens (including phenoxy) is 1. The first kappa shape index (κ1) is 24.6. The van der Waals surface area contributed by atoms with Gasteiger partial charge in [-0.05, 0) is 74.0 Å². The maximum absolute atomic E-state index is 13.6. The first-order valence-corrected chi connectivity index (χ1v) is 11.5. The molecule has 0 saturated carbocycles. The number of nitrogens with one attached hydrogen (secondary N) is 3. The molecule has 178 valence electrons. The number of hydrogen-bond donors (Lipinski definition) is 3. The molecule has 0 aliphatic rings. The lowest BCUT2D eigenvalue weighted by molar-refractivity contribution is -0.128. The number of anilines is 1. The van der Waals surface area contributed by atoms with Crippen LogP contribution >= 0.6 is 0 Å². The molecule has 1 atom stereocenters. The fraction of sp³-hybridized carbons (Fsp3) is 0.130. The fourth-order valence-corrected chi connectivity index (χ4v) is 3.91. The molecule has 0 heterocycles. The Hall–Kier alpha value is -3.99. The van der Waals surface area contributed by atoms with Crippen LogP contribution in [0.5, 0.6) is 5.75 Å². The van der Waals surface area contributed by atoms with E-state index in [-0.39, 0.29) is 27.5 Å². The monoisotopic (exact) mass is 489 g/mol. The zero-order chi connectivity index (χ0) is 24.9. The van der Waals surface area contributed by atoms with Crippen LogP contribution in [0.2, 0.25) is 0 Å². The van der Waals surface area contributed by atoms with Crippen molar-refractivity contribution in [2.45, 2.75) is 24.8 Å². The van der Waals surface area contributed by atoms with Gasteiger partial charge in [-0.3, -0.25) is 25.2 Å². The zero-order valence-electron chi connectivity index (χ0n) is 18.1. The molecule has 0 spiro atoms. The lowest BCUT2D eigenvalue weighted by atomic mass is 10.2. The van der Waals surface area contributed by atoms with Crippen molar-refractivity contribution < 1.29 is 31.5 Å². The number of halogens is 2. The normalized spacial score (nSPS) is 11.9. The maximum atomic E-state index is 13.6. The van der Waals surface area contributed by atoms with Crippen molar-refractivity contribution in [3.63, 3.8) is 0 Å². The second-order valence-electron chi connectivity index (χ2n) is 7.23. The van der Waals surface area contributed by atoms with Crippen molar-refractivity contribution >= 4 is 27.5 Å². The van der Waals surface area contributed by atoms with E-state index in [0.29, 0.717) is 0 Å². The average molecular weight is 490 g/mol. The predicted octanol–water partition coefficient (Wildman–Crippen LogP) is 3.30. The lowest BCUT2D eigenvalue weighted by Gasteiger charge is -2.15. The van der Waals surface area contributed by atoms with Crippen LogP contribution in [0.15, 0.2) is 71.6 Å². The van der Waals surface area contributed by atoms with Gasteiger partial charge in [-0.1, -0.05) is 12.1 Å². The molecule has 8 nitrogen and oxygen atoms in total. The highest BCUT2D eigenvalue weighted by Gasteiger charge is 2.18. The van der Waals surface area contributed by atoms with Gasteiger partial charge < -0.3 is 4.74 Å². The molecular formula is C23H21F2N3O5S. The molecule has 34 heavy (non-hydrogen) atoms. The Kier molecular flexibility index (Phi) is 7.47. The Morgan fingerprint density at radius 2 is 1.59 bits per heavy atom. The van der Waals surface area contributed by atoms with Crippen molar-refractivity contribution in [3.05, 3.63) is 89.5 Å². The molecule has 3 rings (SSSR count). The number of para-hydroxylation sites is 1. The minimum absolute atomic E-state index is 0.106. The summed E-state index contributed by atoms with van der Waals surface area (Å²) in [6.45, 7) is 2.84. The quantitative estimate of drug-likeness (QED) is 0.441. The molecule has 0 aliphatic carbocycles. The summed E-state index contributed by atoms with van der Waals surface area (Å²) >= 11 is 0. The molecule has 3 aromatic rings. The topological polar surface area (TPSA) is 114 Å². The average Bonchev–Trinajstić information content (AvgIpc) is 2.80. The van der Waals surface area contributed by atoms with Gasteiger partial charge in [0.2, 0.25) is 0 Å². The summed E-state index contributed by atoms with van der Waals surface area (Å²) in [5, 5.41) is 0. The van der Waals surface area contributed by atoms with Crippen molar-refractivity contribution in [3.8, 4) is 5.75 Å². The highest BCUT2D eigenvalue weighted by molar-refractivity contribution is 7.92. The van der Waals surface area contributed by atoms with Crippen LogP contribution in [0.4, 0.5) is 14.5 Å². The van der Waals surface area contributed by atoms with E-state index in [4.69, 9.17) is 4.74 Å². The molecular weight excluding hydrogens is 468 g/mol. The Morgan fingerprint density at radius 1 is 0.912 bits per heavy atom. The van der Waals surface area contributed by atoms with E-state index in [1.165, 1.54) is 62.4 Å². The Balaban J connectivity index is 1.56. The molecule has 0 radical (unpaired) electrons. The fourth-order valence-electron chi connectivity index (χ4n) is 2.76. The van der Waals surface area contributed by atoms with E-state index >= 15 is 0 Å². The first-order valence-electron chi connectivity index (χ1n) is 9.97. The summed E-state index contributed by atoms with van der Waals surface area (Å²) < 4.78 is 59.6. The highest BCUT2D eigenvalue weighted by atomic mass is 32.2. The molecule has 3 N–H and O–H groups in total. The largest absolute Gasteiger partial charge is 0.478 e. The van der Waals surface area contributed by atoms with Gasteiger partial charge in [0.1, 0.15) is 5.82 Å². The summed E-state index contributed by atoms with van der Waals surface area (Å²) in [5.41, 5.74) is 4.86. The number of aryl methyl sites for hydroxylation is 1. The van der Waals surface area contributed by atoms with Crippen LogP contribution in [0.25, 0.3) is 0 Å². The van der Waals surface area contributed by atoms with E-state index < -0.39 is 39.6 Å². The third kappa shape index (κ3) is 6.07. The Morgan fingerprint density at radius 3 is 2.24 bits per heavy atom. The molecule has 0 bridgehead atoms. The van der Waals surface area contributed by atoms with Gasteiger partial charge in [0, 0.05) is 11.3 Å². The third-order valence-electron chi connectivity index (χ3n) is 4.65. The summed E-state index contributed by atoms with van der Waals surface area (Å²) in [7, 11) is -3.96. The summed E-state index contributed by atoms with van der Waals surface area (Å²) in [6, 6.07) is 14.4. The van der Waals surface area contributed by atoms with Crippen LogP contribution in [-0.4, -0.2) is 26.3 Å². The van der Waals surface area contributed by atoms with Crippen LogP contribution < -0.4 is 20.3 Å². The van der Waals surface area contributed by atoms with Gasteiger partial charge in [-0.25, -0.2) is 17.2 Å². The zero-order valence-corrected chi connectivity index (χ0v) is 19.0. The van der Waals surface area contributed by atoms with Gasteiger partial charge in [-0.2, -0.15) is 0 Å². The molecule has 0 aliphatic heterocycles. The van der Waals surface area contributed by atoms with Crippen LogP contribution in [-0.2, 0) is 14.8 Å². The molecule has 1 unspecified atom stereocenters. The van der Waals surface area contributed by atoms with Crippen LogP contribution in [0.3, 0.4) is 0 Å². The number of sulfonamides is 1. The summed E-state index contributed by atoms with van der Waals surface area (Å²) in [5.74, 6) is -2.64. The minimum Gasteiger partial charge on any atom is -0.478 e. The standard InChI is InChI=1S/C23H21F2N3O5S/c1-14-13-18(11-12-19(14)24)34(31,32)28-17-9-7-16(8-10-17)23(30)27-26-22(29)15(2)33-21-6-4-3-5-20(21)25/h3-13,15,28H,1-2H3,(H,26,29)(H,27,30). The van der Waals surface area contributed by atoms with Crippen LogP contribution in [0.1, 0.15) is 22.8 Å². The van der Waals surface area contributed by atoms with Gasteiger partial charge in [-0.15, -0.1) is 0 Å². The van der Waals surface area contributed by atoms with Crippen LogP contribution in [0, 0.1) is 18.6 Å². The molecule has 11 heteroatoms. The number of amides is 2. The van der Waals surface area contributed by atoms with Gasteiger partial charge >= 0.3 is 0 Å².